The molecular formula is C18H28Cl2N6O4S. The van der Waals surface area contributed by atoms with Crippen LogP contribution in [0.25, 0.3) is 0 Å². The third kappa shape index (κ3) is 5.70. The number of piperidine rings is 1. The Hall–Kier alpha value is -1.40. The molecule has 1 saturated carbocycles. The highest BCUT2D eigenvalue weighted by Gasteiger charge is 2.42. The molecule has 3 N–H and O–H groups in total. The van der Waals surface area contributed by atoms with Gasteiger partial charge in [0.15, 0.2) is 0 Å². The fraction of sp³-hybridized carbons (Fsp3) is 0.778. The predicted molar refractivity (Wildman–Crippen MR) is 120 cm³/mol. The fourth-order valence-corrected chi connectivity index (χ4v) is 5.38. The molecule has 10 nitrogen and oxygen atoms in total. The third-order valence-corrected chi connectivity index (χ3v) is 6.96. The van der Waals surface area contributed by atoms with E-state index in [2.05, 4.69) is 20.7 Å². The summed E-state index contributed by atoms with van der Waals surface area (Å²) in [7, 11) is 0. The van der Waals surface area contributed by atoms with Crippen LogP contribution in [0.4, 0.5) is 0 Å². The second kappa shape index (κ2) is 11.0. The summed E-state index contributed by atoms with van der Waals surface area (Å²) in [5.41, 5.74) is 0. The van der Waals surface area contributed by atoms with Crippen molar-refractivity contribution >= 4 is 54.3 Å². The largest absolute Gasteiger partial charge is 0.480 e. The Morgan fingerprint density at radius 3 is 2.55 bits per heavy atom. The molecule has 0 spiro atoms. The van der Waals surface area contributed by atoms with Crippen LogP contribution in [-0.2, 0) is 9.59 Å². The van der Waals surface area contributed by atoms with Gasteiger partial charge < -0.3 is 15.5 Å². The third-order valence-electron chi connectivity index (χ3n) is 6.75. The highest BCUT2D eigenvalue weighted by atomic mass is 35.5. The Balaban J connectivity index is 0.00000171. The molecule has 0 radical (unpaired) electrons. The molecule has 31 heavy (non-hydrogen) atoms. The van der Waals surface area contributed by atoms with Crippen molar-refractivity contribution in [1.82, 2.24) is 30.4 Å². The molecule has 3 aliphatic rings. The summed E-state index contributed by atoms with van der Waals surface area (Å²) in [6.45, 7) is 2.03. The molecule has 0 aromatic carbocycles. The van der Waals surface area contributed by atoms with Gasteiger partial charge in [0.25, 0.3) is 0 Å². The number of aliphatic carboxylic acids is 2. The van der Waals surface area contributed by atoms with Gasteiger partial charge in [-0.3, -0.25) is 14.5 Å². The minimum Gasteiger partial charge on any atom is -0.480 e. The molecule has 4 rings (SSSR count). The normalized spacial score (nSPS) is 32.9. The SMILES string of the molecule is Cl.Cl.O=C(O)[C@@H]1C[C@H]2C[C@@H](CN3C[C@@H](n4nnc(C=S)n4)C[C@H]3C(=O)O)CC[C@H]2CN1. The van der Waals surface area contributed by atoms with Gasteiger partial charge in [0.1, 0.15) is 12.1 Å². The first-order valence-corrected chi connectivity index (χ1v) is 10.6. The molecule has 0 unspecified atom stereocenters. The van der Waals surface area contributed by atoms with Crippen molar-refractivity contribution in [3.05, 3.63) is 5.82 Å². The molecule has 174 valence electrons. The van der Waals surface area contributed by atoms with Crippen LogP contribution in [0.5, 0.6) is 0 Å². The van der Waals surface area contributed by atoms with E-state index in [0.29, 0.717) is 49.5 Å². The first-order valence-electron chi connectivity index (χ1n) is 10.1. The average Bonchev–Trinajstić information content (AvgIpc) is 3.34. The van der Waals surface area contributed by atoms with Crippen molar-refractivity contribution in [3.8, 4) is 0 Å². The van der Waals surface area contributed by atoms with E-state index in [0.717, 1.165) is 25.8 Å². The molecule has 1 aliphatic carbocycles. The number of hydrogen-bond donors (Lipinski definition) is 3. The van der Waals surface area contributed by atoms with Crippen molar-refractivity contribution < 1.29 is 19.8 Å². The van der Waals surface area contributed by atoms with Crippen LogP contribution in [0, 0.1) is 17.8 Å². The van der Waals surface area contributed by atoms with E-state index in [1.54, 1.807) is 0 Å². The maximum atomic E-state index is 11.8. The van der Waals surface area contributed by atoms with Gasteiger partial charge in [0.2, 0.25) is 5.82 Å². The first-order chi connectivity index (χ1) is 13.9. The highest BCUT2D eigenvalue weighted by Crippen LogP contribution is 2.40. The van der Waals surface area contributed by atoms with Gasteiger partial charge in [-0.2, -0.15) is 4.80 Å². The van der Waals surface area contributed by atoms with Crippen molar-refractivity contribution in [2.45, 2.75) is 50.2 Å². The van der Waals surface area contributed by atoms with Gasteiger partial charge in [0.05, 0.1) is 6.04 Å². The summed E-state index contributed by atoms with van der Waals surface area (Å²) >= 11 is 4.82. The number of tetrazole rings is 1. The van der Waals surface area contributed by atoms with Crippen LogP contribution >= 0.6 is 37.0 Å². The van der Waals surface area contributed by atoms with E-state index in [4.69, 9.17) is 12.2 Å². The number of fused-ring (bicyclic) bond motifs is 1. The molecular weight excluding hydrogens is 467 g/mol. The van der Waals surface area contributed by atoms with Crippen LogP contribution < -0.4 is 5.32 Å². The zero-order valence-corrected chi connectivity index (χ0v) is 19.3. The summed E-state index contributed by atoms with van der Waals surface area (Å²) in [6, 6.07) is -1.18. The lowest BCUT2D eigenvalue weighted by molar-refractivity contribution is -0.143. The lowest BCUT2D eigenvalue weighted by Gasteiger charge is -2.42. The van der Waals surface area contributed by atoms with Crippen LogP contribution in [0.15, 0.2) is 0 Å². The van der Waals surface area contributed by atoms with Gasteiger partial charge in [-0.25, -0.2) is 0 Å². The van der Waals surface area contributed by atoms with E-state index < -0.39 is 24.0 Å². The zero-order valence-electron chi connectivity index (χ0n) is 16.9. The maximum absolute atomic E-state index is 11.8. The number of rotatable bonds is 6. The molecule has 1 aromatic rings. The summed E-state index contributed by atoms with van der Waals surface area (Å²) in [4.78, 5) is 26.7. The van der Waals surface area contributed by atoms with Gasteiger partial charge in [-0.15, -0.1) is 35.0 Å². The molecule has 6 atom stereocenters. The lowest BCUT2D eigenvalue weighted by atomic mass is 9.69. The molecule has 0 bridgehead atoms. The van der Waals surface area contributed by atoms with E-state index in [1.165, 1.54) is 10.2 Å². The van der Waals surface area contributed by atoms with Gasteiger partial charge in [-0.1, -0.05) is 12.2 Å². The van der Waals surface area contributed by atoms with Gasteiger partial charge in [-0.05, 0) is 61.6 Å². The zero-order chi connectivity index (χ0) is 20.5. The smallest absolute Gasteiger partial charge is 0.321 e. The first kappa shape index (κ1) is 25.9. The molecule has 2 saturated heterocycles. The topological polar surface area (TPSA) is 133 Å². The number of aromatic nitrogens is 4. The number of nitrogens with one attached hydrogen (secondary N) is 1. The van der Waals surface area contributed by atoms with Crippen LogP contribution in [0.3, 0.4) is 0 Å². The van der Waals surface area contributed by atoms with Crippen LogP contribution in [0.2, 0.25) is 0 Å². The number of halogens is 2. The van der Waals surface area contributed by atoms with E-state index >= 15 is 0 Å². The predicted octanol–water partition coefficient (Wildman–Crippen LogP) is 1.04. The minimum atomic E-state index is -0.829. The number of thiocarbonyl (C=S) groups is 1. The van der Waals surface area contributed by atoms with Crippen molar-refractivity contribution in [2.24, 2.45) is 17.8 Å². The molecule has 1 aromatic heterocycles. The average molecular weight is 495 g/mol. The minimum absolute atomic E-state index is 0. The summed E-state index contributed by atoms with van der Waals surface area (Å²) in [5.74, 6) is 0.0436. The van der Waals surface area contributed by atoms with E-state index in [1.807, 2.05) is 4.90 Å². The Morgan fingerprint density at radius 1 is 1.13 bits per heavy atom. The molecule has 0 amide bonds. The van der Waals surface area contributed by atoms with Gasteiger partial charge >= 0.3 is 11.9 Å². The summed E-state index contributed by atoms with van der Waals surface area (Å²) < 4.78 is 0. The highest BCUT2D eigenvalue weighted by molar-refractivity contribution is 7.79. The number of carboxylic acid groups (broad SMARTS) is 2. The van der Waals surface area contributed by atoms with Crippen molar-refractivity contribution in [2.75, 3.05) is 19.6 Å². The Kier molecular flexibility index (Phi) is 9.14. The Labute approximate surface area is 197 Å². The fourth-order valence-electron chi connectivity index (χ4n) is 5.29. The van der Waals surface area contributed by atoms with E-state index in [9.17, 15) is 19.8 Å². The van der Waals surface area contributed by atoms with Crippen molar-refractivity contribution in [3.63, 3.8) is 0 Å². The Morgan fingerprint density at radius 2 is 1.90 bits per heavy atom. The monoisotopic (exact) mass is 494 g/mol. The Bertz CT molecular complexity index is 799. The van der Waals surface area contributed by atoms with Crippen LogP contribution in [0.1, 0.15) is 44.0 Å². The molecule has 3 fully saturated rings. The molecule has 3 heterocycles. The standard InChI is InChI=1S/C18H26N6O4S.2ClH/c25-17(26)14-4-12-3-10(1-2-11(12)6-19-14)7-23-8-13(5-15(23)18(27)28)24-21-16(9-29)20-22-24;;/h9-15,19H,1-8H2,(H,25,26)(H,27,28);2*1H/t10-,11-,12+,13-,14-,15-;;/m0../s1. The van der Waals surface area contributed by atoms with E-state index in [-0.39, 0.29) is 30.9 Å². The summed E-state index contributed by atoms with van der Waals surface area (Å²) in [5, 5.41) is 35.6. The van der Waals surface area contributed by atoms with Crippen molar-refractivity contribution in [1.29, 1.82) is 0 Å². The summed E-state index contributed by atoms with van der Waals surface area (Å²) in [6.07, 6.45) is 4.16. The molecule has 13 heteroatoms. The lowest BCUT2D eigenvalue weighted by Crippen LogP contribution is -2.50. The van der Waals surface area contributed by atoms with Crippen LogP contribution in [-0.4, -0.2) is 84.3 Å². The quantitative estimate of drug-likeness (QED) is 0.492. The number of carboxylic acids is 2. The maximum Gasteiger partial charge on any atom is 0.321 e. The number of likely N-dealkylation sites (tertiary alicyclic amines) is 1. The molecule has 2 aliphatic heterocycles. The second-order valence-electron chi connectivity index (χ2n) is 8.52. The second-order valence-corrected chi connectivity index (χ2v) is 8.75. The number of carbonyl (C=O) groups is 2. The number of hydrogen-bond acceptors (Lipinski definition) is 8. The van der Waals surface area contributed by atoms with Gasteiger partial charge in [0, 0.05) is 18.5 Å². The number of nitrogens with zero attached hydrogens (tertiary/aromatic N) is 5.